The van der Waals surface area contributed by atoms with Crippen molar-refractivity contribution in [3.8, 4) is 0 Å². The van der Waals surface area contributed by atoms with Crippen LogP contribution < -0.4 is 5.73 Å². The topological polar surface area (TPSA) is 40.2 Å². The standard InChI is InChI=1S/C10H16N2OS/c1-8(2)13-7-6-12-5-3-4-9(12)10(11)14/h3-5,8H,6-7H2,1-2H3,(H2,11,14). The first-order chi connectivity index (χ1) is 6.61. The fourth-order valence-corrected chi connectivity index (χ4v) is 1.40. The molecule has 14 heavy (non-hydrogen) atoms. The summed E-state index contributed by atoms with van der Waals surface area (Å²) in [6.07, 6.45) is 2.22. The van der Waals surface area contributed by atoms with Crippen LogP contribution in [0.1, 0.15) is 19.5 Å². The van der Waals surface area contributed by atoms with E-state index in [0.29, 0.717) is 11.6 Å². The summed E-state index contributed by atoms with van der Waals surface area (Å²) < 4.78 is 7.45. The van der Waals surface area contributed by atoms with E-state index in [1.54, 1.807) is 0 Å². The molecule has 0 spiro atoms. The first-order valence-corrected chi connectivity index (χ1v) is 5.08. The lowest BCUT2D eigenvalue weighted by molar-refractivity contribution is 0.0727. The minimum atomic E-state index is 0.263. The van der Waals surface area contributed by atoms with Crippen LogP contribution in [0, 0.1) is 0 Å². The van der Waals surface area contributed by atoms with Gasteiger partial charge in [-0.1, -0.05) is 12.2 Å². The van der Waals surface area contributed by atoms with Gasteiger partial charge in [-0.3, -0.25) is 0 Å². The Labute approximate surface area is 89.9 Å². The molecule has 3 nitrogen and oxygen atoms in total. The van der Waals surface area contributed by atoms with Gasteiger partial charge in [-0.15, -0.1) is 0 Å². The molecule has 1 heterocycles. The molecule has 0 unspecified atom stereocenters. The second kappa shape index (κ2) is 5.12. The van der Waals surface area contributed by atoms with Gasteiger partial charge in [-0.05, 0) is 26.0 Å². The van der Waals surface area contributed by atoms with E-state index in [2.05, 4.69) is 0 Å². The van der Waals surface area contributed by atoms with Gasteiger partial charge in [-0.2, -0.15) is 0 Å². The highest BCUT2D eigenvalue weighted by Gasteiger charge is 2.03. The zero-order valence-electron chi connectivity index (χ0n) is 8.56. The third kappa shape index (κ3) is 3.12. The Morgan fingerprint density at radius 3 is 2.93 bits per heavy atom. The Bertz CT molecular complexity index is 307. The SMILES string of the molecule is CC(C)OCCn1cccc1C(N)=S. The largest absolute Gasteiger partial charge is 0.388 e. The van der Waals surface area contributed by atoms with Gasteiger partial charge in [0.2, 0.25) is 0 Å². The second-order valence-electron chi connectivity index (χ2n) is 3.37. The first kappa shape index (κ1) is 11.2. The number of thiocarbonyl (C=S) groups is 1. The normalized spacial score (nSPS) is 10.8. The monoisotopic (exact) mass is 212 g/mol. The van der Waals surface area contributed by atoms with Crippen LogP contribution in [0.15, 0.2) is 18.3 Å². The Balaban J connectivity index is 2.50. The van der Waals surface area contributed by atoms with Crippen LogP contribution >= 0.6 is 12.2 Å². The van der Waals surface area contributed by atoms with E-state index in [0.717, 1.165) is 12.2 Å². The molecule has 0 aromatic carbocycles. The van der Waals surface area contributed by atoms with Crippen LogP contribution in [0.5, 0.6) is 0 Å². The average Bonchev–Trinajstić information content (AvgIpc) is 2.51. The van der Waals surface area contributed by atoms with Crippen molar-refractivity contribution in [1.29, 1.82) is 0 Å². The molecular weight excluding hydrogens is 196 g/mol. The zero-order valence-corrected chi connectivity index (χ0v) is 9.38. The van der Waals surface area contributed by atoms with Gasteiger partial charge in [0.05, 0.1) is 18.4 Å². The summed E-state index contributed by atoms with van der Waals surface area (Å²) in [6, 6.07) is 3.85. The quantitative estimate of drug-likeness (QED) is 0.753. The van der Waals surface area contributed by atoms with E-state index in [1.165, 1.54) is 0 Å². The third-order valence-corrected chi connectivity index (χ3v) is 2.07. The predicted molar refractivity (Wildman–Crippen MR) is 61.4 cm³/mol. The lowest BCUT2D eigenvalue weighted by atomic mass is 10.4. The minimum Gasteiger partial charge on any atom is -0.388 e. The zero-order chi connectivity index (χ0) is 10.6. The summed E-state index contributed by atoms with van der Waals surface area (Å²) in [5.41, 5.74) is 6.46. The van der Waals surface area contributed by atoms with Gasteiger partial charge in [0, 0.05) is 12.7 Å². The van der Waals surface area contributed by atoms with Crippen molar-refractivity contribution < 1.29 is 4.74 Å². The second-order valence-corrected chi connectivity index (χ2v) is 3.81. The molecule has 1 aromatic heterocycles. The molecule has 0 aliphatic heterocycles. The summed E-state index contributed by atoms with van der Waals surface area (Å²) >= 11 is 4.92. The van der Waals surface area contributed by atoms with Gasteiger partial charge in [0.25, 0.3) is 0 Å². The Hall–Kier alpha value is -0.870. The molecule has 0 aliphatic carbocycles. The molecule has 78 valence electrons. The van der Waals surface area contributed by atoms with Gasteiger partial charge in [-0.25, -0.2) is 0 Å². The average molecular weight is 212 g/mol. The van der Waals surface area contributed by atoms with E-state index >= 15 is 0 Å². The fraction of sp³-hybridized carbons (Fsp3) is 0.500. The maximum Gasteiger partial charge on any atom is 0.120 e. The minimum absolute atomic E-state index is 0.263. The third-order valence-electron chi connectivity index (χ3n) is 1.87. The number of rotatable bonds is 5. The molecule has 4 heteroatoms. The highest BCUT2D eigenvalue weighted by Crippen LogP contribution is 2.02. The number of nitrogens with zero attached hydrogens (tertiary/aromatic N) is 1. The molecule has 0 fully saturated rings. The molecule has 0 atom stereocenters. The van der Waals surface area contributed by atoms with Crippen molar-refractivity contribution in [1.82, 2.24) is 4.57 Å². The van der Waals surface area contributed by atoms with E-state index in [-0.39, 0.29) is 6.10 Å². The van der Waals surface area contributed by atoms with Gasteiger partial charge in [0.15, 0.2) is 0 Å². The van der Waals surface area contributed by atoms with Crippen molar-refractivity contribution in [2.24, 2.45) is 5.73 Å². The summed E-state index contributed by atoms with van der Waals surface area (Å²) in [5, 5.41) is 0. The van der Waals surface area contributed by atoms with Crippen molar-refractivity contribution >= 4 is 17.2 Å². The van der Waals surface area contributed by atoms with E-state index in [4.69, 9.17) is 22.7 Å². The fourth-order valence-electron chi connectivity index (χ4n) is 1.22. The van der Waals surface area contributed by atoms with Crippen LogP contribution in [0.3, 0.4) is 0 Å². The molecule has 0 amide bonds. The summed E-state index contributed by atoms with van der Waals surface area (Å²) in [6.45, 7) is 5.51. The van der Waals surface area contributed by atoms with Crippen molar-refractivity contribution in [2.75, 3.05) is 6.61 Å². The molecule has 0 saturated carbocycles. The van der Waals surface area contributed by atoms with Crippen molar-refractivity contribution in [2.45, 2.75) is 26.5 Å². The molecule has 2 N–H and O–H groups in total. The van der Waals surface area contributed by atoms with E-state index < -0.39 is 0 Å². The number of nitrogens with two attached hydrogens (primary N) is 1. The first-order valence-electron chi connectivity index (χ1n) is 4.68. The molecule has 0 saturated heterocycles. The molecule has 1 rings (SSSR count). The van der Waals surface area contributed by atoms with Crippen LogP contribution in [-0.2, 0) is 11.3 Å². The van der Waals surface area contributed by atoms with Gasteiger partial charge >= 0.3 is 0 Å². The Kier molecular flexibility index (Phi) is 4.10. The van der Waals surface area contributed by atoms with Gasteiger partial charge in [0.1, 0.15) is 4.99 Å². The molecule has 0 bridgehead atoms. The predicted octanol–water partition coefficient (Wildman–Crippen LogP) is 1.55. The van der Waals surface area contributed by atoms with Crippen molar-refractivity contribution in [3.05, 3.63) is 24.0 Å². The highest BCUT2D eigenvalue weighted by atomic mass is 32.1. The van der Waals surface area contributed by atoms with Crippen LogP contribution in [-0.4, -0.2) is 22.3 Å². The summed E-state index contributed by atoms with van der Waals surface area (Å²) in [5.74, 6) is 0. The molecular formula is C10H16N2OS. The van der Waals surface area contributed by atoms with E-state index in [1.807, 2.05) is 36.7 Å². The van der Waals surface area contributed by atoms with Crippen LogP contribution in [0.4, 0.5) is 0 Å². The van der Waals surface area contributed by atoms with Gasteiger partial charge < -0.3 is 15.0 Å². The maximum absolute atomic E-state index is 5.56. The maximum atomic E-state index is 5.56. The number of aromatic nitrogens is 1. The van der Waals surface area contributed by atoms with Crippen molar-refractivity contribution in [3.63, 3.8) is 0 Å². The van der Waals surface area contributed by atoms with E-state index in [9.17, 15) is 0 Å². The smallest absolute Gasteiger partial charge is 0.120 e. The number of ether oxygens (including phenoxy) is 1. The molecule has 1 aromatic rings. The number of hydrogen-bond donors (Lipinski definition) is 1. The van der Waals surface area contributed by atoms with Crippen LogP contribution in [0.2, 0.25) is 0 Å². The highest BCUT2D eigenvalue weighted by molar-refractivity contribution is 7.80. The lowest BCUT2D eigenvalue weighted by Crippen LogP contribution is -2.18. The molecule has 0 aliphatic rings. The summed E-state index contributed by atoms with van der Waals surface area (Å²) in [4.78, 5) is 0.430. The lowest BCUT2D eigenvalue weighted by Gasteiger charge is -2.10. The Morgan fingerprint density at radius 1 is 1.64 bits per heavy atom. The number of hydrogen-bond acceptors (Lipinski definition) is 2. The van der Waals surface area contributed by atoms with Crippen LogP contribution in [0.25, 0.3) is 0 Å². The summed E-state index contributed by atoms with van der Waals surface area (Å²) in [7, 11) is 0. The Morgan fingerprint density at radius 2 is 2.36 bits per heavy atom. The molecule has 0 radical (unpaired) electrons.